The van der Waals surface area contributed by atoms with Gasteiger partial charge in [0.1, 0.15) is 18.6 Å². The molecule has 2 rings (SSSR count). The van der Waals surface area contributed by atoms with Crippen LogP contribution in [0.5, 0.6) is 0 Å². The Kier molecular flexibility index (Phi) is 4.46. The third-order valence-corrected chi connectivity index (χ3v) is 3.40. The highest BCUT2D eigenvalue weighted by atomic mass is 16.5. The molecule has 2 atom stereocenters. The number of likely N-dealkylation sites (N-methyl/N-ethyl adjacent to an activating group) is 1. The molecule has 2 N–H and O–H groups in total. The number of ether oxygens (including phenoxy) is 1. The second kappa shape index (κ2) is 6.13. The van der Waals surface area contributed by atoms with Gasteiger partial charge in [0, 0.05) is 25.4 Å². The first-order valence-corrected chi connectivity index (χ1v) is 6.86. The highest BCUT2D eigenvalue weighted by Gasteiger charge is 2.41. The van der Waals surface area contributed by atoms with Crippen molar-refractivity contribution in [2.75, 3.05) is 20.2 Å². The molecule has 21 heavy (non-hydrogen) atoms. The summed E-state index contributed by atoms with van der Waals surface area (Å²) in [5.41, 5.74) is 3.71. The van der Waals surface area contributed by atoms with E-state index in [2.05, 4.69) is 10.7 Å². The Balaban J connectivity index is 1.96. The van der Waals surface area contributed by atoms with Gasteiger partial charge in [0.15, 0.2) is 0 Å². The summed E-state index contributed by atoms with van der Waals surface area (Å²) in [6.45, 7) is 3.67. The van der Waals surface area contributed by atoms with Crippen LogP contribution in [0.1, 0.15) is 20.3 Å². The van der Waals surface area contributed by atoms with Crippen molar-refractivity contribution in [3.8, 4) is 0 Å². The number of fused-ring (bicyclic) bond motifs is 1. The van der Waals surface area contributed by atoms with Gasteiger partial charge >= 0.3 is 5.97 Å². The molecule has 0 aromatic heterocycles. The lowest BCUT2D eigenvalue weighted by Crippen LogP contribution is -2.49. The van der Waals surface area contributed by atoms with Crippen molar-refractivity contribution in [3.05, 3.63) is 11.9 Å². The van der Waals surface area contributed by atoms with Crippen LogP contribution in [0.3, 0.4) is 0 Å². The monoisotopic (exact) mass is 296 g/mol. The summed E-state index contributed by atoms with van der Waals surface area (Å²) in [7, 11) is 1.54. The number of rotatable bonds is 4. The summed E-state index contributed by atoms with van der Waals surface area (Å²) < 4.78 is 4.81. The summed E-state index contributed by atoms with van der Waals surface area (Å²) >= 11 is 0. The summed E-state index contributed by atoms with van der Waals surface area (Å²) in [5.74, 6) is -0.820. The van der Waals surface area contributed by atoms with Crippen molar-refractivity contribution in [3.63, 3.8) is 0 Å². The van der Waals surface area contributed by atoms with Crippen molar-refractivity contribution >= 4 is 17.8 Å². The number of carbonyl (C=O) groups excluding carboxylic acids is 3. The molecule has 2 aliphatic heterocycles. The van der Waals surface area contributed by atoms with Crippen LogP contribution in [0.2, 0.25) is 0 Å². The molecule has 0 radical (unpaired) electrons. The minimum absolute atomic E-state index is 0.101. The van der Waals surface area contributed by atoms with E-state index in [9.17, 15) is 14.4 Å². The Hall–Kier alpha value is -2.09. The molecule has 0 bridgehead atoms. The molecule has 0 aliphatic carbocycles. The molecule has 2 unspecified atom stereocenters. The second-order valence-corrected chi connectivity index (χ2v) is 5.14. The van der Waals surface area contributed by atoms with Crippen LogP contribution in [-0.4, -0.2) is 60.0 Å². The zero-order chi connectivity index (χ0) is 15.6. The first-order valence-electron chi connectivity index (χ1n) is 6.86. The number of esters is 1. The van der Waals surface area contributed by atoms with Crippen molar-refractivity contribution in [1.29, 1.82) is 0 Å². The van der Waals surface area contributed by atoms with Crippen LogP contribution in [0.25, 0.3) is 0 Å². The van der Waals surface area contributed by atoms with Crippen molar-refractivity contribution in [2.45, 2.75) is 32.4 Å². The van der Waals surface area contributed by atoms with Gasteiger partial charge in [-0.25, -0.2) is 5.43 Å². The smallest absolute Gasteiger partial charge is 0.325 e. The Morgan fingerprint density at radius 2 is 2.24 bits per heavy atom. The molecule has 2 heterocycles. The van der Waals surface area contributed by atoms with E-state index in [1.807, 2.05) is 0 Å². The zero-order valence-electron chi connectivity index (χ0n) is 12.4. The van der Waals surface area contributed by atoms with E-state index < -0.39 is 18.1 Å². The number of hydrogen-bond donors (Lipinski definition) is 2. The maximum atomic E-state index is 12.3. The fourth-order valence-electron chi connectivity index (χ4n) is 2.44. The van der Waals surface area contributed by atoms with Crippen LogP contribution >= 0.6 is 0 Å². The first kappa shape index (κ1) is 15.3. The van der Waals surface area contributed by atoms with Crippen LogP contribution in [0.4, 0.5) is 0 Å². The molecule has 8 heteroatoms. The highest BCUT2D eigenvalue weighted by molar-refractivity contribution is 5.89. The minimum Gasteiger partial charge on any atom is -0.465 e. The molecule has 1 saturated heterocycles. The lowest BCUT2D eigenvalue weighted by Gasteiger charge is -2.27. The summed E-state index contributed by atoms with van der Waals surface area (Å²) in [6.07, 6.45) is 2.12. The van der Waals surface area contributed by atoms with Gasteiger partial charge in [-0.3, -0.25) is 14.4 Å². The Labute approximate surface area is 123 Å². The standard InChI is InChI=1S/C13H20N4O4/c1-4-21-11(18)7-16(3)13(20)9-5-10-12(19)14-8(2)6-17(10)15-9/h6,9-10,15H,4-5,7H2,1-3H3,(H,14,19). The van der Waals surface area contributed by atoms with Gasteiger partial charge < -0.3 is 20.0 Å². The minimum atomic E-state index is -0.526. The molecule has 0 aromatic carbocycles. The molecular formula is C13H20N4O4. The van der Waals surface area contributed by atoms with Gasteiger partial charge in [0.2, 0.25) is 11.8 Å². The Morgan fingerprint density at radius 1 is 1.52 bits per heavy atom. The molecule has 2 aliphatic rings. The van der Waals surface area contributed by atoms with E-state index in [4.69, 9.17) is 4.74 Å². The van der Waals surface area contributed by atoms with Crippen LogP contribution < -0.4 is 10.7 Å². The van der Waals surface area contributed by atoms with Gasteiger partial charge in [0.05, 0.1) is 6.61 Å². The van der Waals surface area contributed by atoms with Crippen LogP contribution in [0.15, 0.2) is 11.9 Å². The summed E-state index contributed by atoms with van der Waals surface area (Å²) in [6, 6.07) is -0.930. The fourth-order valence-corrected chi connectivity index (χ4v) is 2.44. The number of carbonyl (C=O) groups is 3. The lowest BCUT2D eigenvalue weighted by molar-refractivity contribution is -0.148. The molecule has 0 saturated carbocycles. The zero-order valence-corrected chi connectivity index (χ0v) is 12.4. The number of amides is 2. The van der Waals surface area contributed by atoms with Crippen molar-refractivity contribution in [1.82, 2.24) is 20.7 Å². The van der Waals surface area contributed by atoms with Gasteiger partial charge in [-0.05, 0) is 13.8 Å². The number of hydrogen-bond acceptors (Lipinski definition) is 6. The predicted molar refractivity (Wildman–Crippen MR) is 73.3 cm³/mol. The number of allylic oxidation sites excluding steroid dienone is 1. The Bertz CT molecular complexity index is 491. The molecule has 8 nitrogen and oxygen atoms in total. The molecule has 2 amide bonds. The molecule has 116 valence electrons. The van der Waals surface area contributed by atoms with Crippen LogP contribution in [-0.2, 0) is 19.1 Å². The molecular weight excluding hydrogens is 276 g/mol. The fraction of sp³-hybridized carbons (Fsp3) is 0.615. The number of hydrazine groups is 1. The third kappa shape index (κ3) is 3.33. The molecule has 0 spiro atoms. The van der Waals surface area contributed by atoms with Gasteiger partial charge in [0.25, 0.3) is 0 Å². The third-order valence-electron chi connectivity index (χ3n) is 3.40. The van der Waals surface area contributed by atoms with E-state index in [1.165, 1.54) is 4.90 Å². The number of nitrogens with zero attached hydrogens (tertiary/aromatic N) is 2. The van der Waals surface area contributed by atoms with E-state index in [0.717, 1.165) is 5.70 Å². The summed E-state index contributed by atoms with van der Waals surface area (Å²) in [4.78, 5) is 36.9. The average Bonchev–Trinajstić information content (AvgIpc) is 2.81. The maximum Gasteiger partial charge on any atom is 0.325 e. The second-order valence-electron chi connectivity index (χ2n) is 5.14. The van der Waals surface area contributed by atoms with Gasteiger partial charge in [-0.15, -0.1) is 0 Å². The predicted octanol–water partition coefficient (Wildman–Crippen LogP) is -1.05. The largest absolute Gasteiger partial charge is 0.465 e. The maximum absolute atomic E-state index is 12.3. The highest BCUT2D eigenvalue weighted by Crippen LogP contribution is 2.20. The Morgan fingerprint density at radius 3 is 2.90 bits per heavy atom. The first-order chi connectivity index (χ1) is 9.92. The van der Waals surface area contributed by atoms with Crippen LogP contribution in [0, 0.1) is 0 Å². The topological polar surface area (TPSA) is 91.0 Å². The molecule has 1 fully saturated rings. The van der Waals surface area contributed by atoms with Crippen molar-refractivity contribution in [2.24, 2.45) is 0 Å². The quantitative estimate of drug-likeness (QED) is 0.643. The average molecular weight is 296 g/mol. The lowest BCUT2D eigenvalue weighted by atomic mass is 10.1. The van der Waals surface area contributed by atoms with Gasteiger partial charge in [-0.2, -0.15) is 0 Å². The van der Waals surface area contributed by atoms with E-state index in [0.29, 0.717) is 6.42 Å². The normalized spacial score (nSPS) is 24.0. The summed E-state index contributed by atoms with van der Waals surface area (Å²) in [5, 5.41) is 4.38. The van der Waals surface area contributed by atoms with E-state index in [-0.39, 0.29) is 25.0 Å². The van der Waals surface area contributed by atoms with E-state index in [1.54, 1.807) is 32.1 Å². The van der Waals surface area contributed by atoms with Gasteiger partial charge in [-0.1, -0.05) is 0 Å². The van der Waals surface area contributed by atoms with Crippen molar-refractivity contribution < 1.29 is 19.1 Å². The number of nitrogens with one attached hydrogen (secondary N) is 2. The SMILES string of the molecule is CCOC(=O)CN(C)C(=O)C1CC2C(=O)NC(C)=CN2N1. The van der Waals surface area contributed by atoms with E-state index >= 15 is 0 Å². The molecule has 0 aromatic rings.